The van der Waals surface area contributed by atoms with Crippen molar-refractivity contribution in [1.82, 2.24) is 9.21 Å². The summed E-state index contributed by atoms with van der Waals surface area (Å²) in [6.45, 7) is 7.15. The third-order valence-electron chi connectivity index (χ3n) is 6.39. The molecule has 1 atom stereocenters. The number of benzene rings is 1. The molecule has 4 rings (SSSR count). The van der Waals surface area contributed by atoms with Gasteiger partial charge in [-0.3, -0.25) is 4.79 Å². The molecule has 1 saturated heterocycles. The number of morpholine rings is 1. The van der Waals surface area contributed by atoms with Crippen LogP contribution in [-0.4, -0.2) is 58.3 Å². The highest BCUT2D eigenvalue weighted by Crippen LogP contribution is 2.38. The number of rotatable bonds is 5. The van der Waals surface area contributed by atoms with Gasteiger partial charge in [-0.25, -0.2) is 8.70 Å². The standard InChI is InChI=1S/C21H29FN2O3S/c1-14(28-24-8-10-27-11-9-24)16-4-2-15(3-5-16)12-23-13-17-6-7-18(25)20(22)19(17)21(23)26/h6-7,14-16,25H,2-5,8-13H2,1H3/t14?,15-,16-. The molecule has 2 heterocycles. The van der Waals surface area contributed by atoms with E-state index in [0.717, 1.165) is 39.1 Å². The number of amides is 1. The van der Waals surface area contributed by atoms with Crippen molar-refractivity contribution >= 4 is 17.9 Å². The summed E-state index contributed by atoms with van der Waals surface area (Å²) < 4.78 is 22.0. The molecular formula is C21H29FN2O3S. The fourth-order valence-electron chi connectivity index (χ4n) is 4.68. The first-order valence-electron chi connectivity index (χ1n) is 10.3. The van der Waals surface area contributed by atoms with Crippen molar-refractivity contribution in [3.8, 4) is 5.75 Å². The van der Waals surface area contributed by atoms with Crippen LogP contribution >= 0.6 is 11.9 Å². The van der Waals surface area contributed by atoms with Crippen molar-refractivity contribution < 1.29 is 19.0 Å². The first-order chi connectivity index (χ1) is 13.5. The molecule has 2 aliphatic heterocycles. The molecule has 1 amide bonds. The SMILES string of the molecule is CC(SN1CCOCC1)[C@H]1CC[C@H](CN2Cc3ccc(O)c(F)c3C2=O)CC1. The highest BCUT2D eigenvalue weighted by molar-refractivity contribution is 7.97. The Kier molecular flexibility index (Phi) is 6.13. The molecular weight excluding hydrogens is 379 g/mol. The Labute approximate surface area is 170 Å². The lowest BCUT2D eigenvalue weighted by Gasteiger charge is -2.36. The minimum atomic E-state index is -0.775. The summed E-state index contributed by atoms with van der Waals surface area (Å²) in [7, 11) is 0. The first kappa shape index (κ1) is 20.0. The van der Waals surface area contributed by atoms with E-state index in [4.69, 9.17) is 4.74 Å². The number of aromatic hydroxyl groups is 1. The molecule has 1 aromatic rings. The average Bonchev–Trinajstić information content (AvgIpc) is 3.02. The lowest BCUT2D eigenvalue weighted by molar-refractivity contribution is 0.0723. The number of ether oxygens (including phenoxy) is 1. The molecule has 5 nitrogen and oxygen atoms in total. The number of carbonyl (C=O) groups excluding carboxylic acids is 1. The van der Waals surface area contributed by atoms with Crippen LogP contribution in [0.4, 0.5) is 4.39 Å². The number of nitrogens with zero attached hydrogens (tertiary/aromatic N) is 2. The van der Waals surface area contributed by atoms with Crippen molar-refractivity contribution in [3.63, 3.8) is 0 Å². The molecule has 1 N–H and O–H groups in total. The molecule has 2 fully saturated rings. The molecule has 0 spiro atoms. The first-order valence-corrected chi connectivity index (χ1v) is 11.2. The fourth-order valence-corrected chi connectivity index (χ4v) is 5.95. The minimum Gasteiger partial charge on any atom is -0.505 e. The molecule has 0 aromatic heterocycles. The molecule has 154 valence electrons. The Morgan fingerprint density at radius 1 is 1.25 bits per heavy atom. The summed E-state index contributed by atoms with van der Waals surface area (Å²) in [6, 6.07) is 3.00. The zero-order valence-electron chi connectivity index (χ0n) is 16.4. The van der Waals surface area contributed by atoms with Crippen molar-refractivity contribution in [2.24, 2.45) is 11.8 Å². The van der Waals surface area contributed by atoms with E-state index in [1.54, 1.807) is 11.0 Å². The maximum Gasteiger partial charge on any atom is 0.257 e. The summed E-state index contributed by atoms with van der Waals surface area (Å²) in [5, 5.41) is 10.2. The molecule has 1 saturated carbocycles. The summed E-state index contributed by atoms with van der Waals surface area (Å²) in [6.07, 6.45) is 4.61. The van der Waals surface area contributed by atoms with E-state index in [9.17, 15) is 14.3 Å². The van der Waals surface area contributed by atoms with Gasteiger partial charge < -0.3 is 14.7 Å². The monoisotopic (exact) mass is 408 g/mol. The third kappa shape index (κ3) is 4.16. The quantitative estimate of drug-likeness (QED) is 0.754. The largest absolute Gasteiger partial charge is 0.505 e. The second-order valence-corrected chi connectivity index (χ2v) is 9.72. The van der Waals surface area contributed by atoms with Gasteiger partial charge >= 0.3 is 0 Å². The Balaban J connectivity index is 1.27. The average molecular weight is 409 g/mol. The van der Waals surface area contributed by atoms with E-state index in [-0.39, 0.29) is 11.5 Å². The van der Waals surface area contributed by atoms with Gasteiger partial charge in [-0.1, -0.05) is 24.9 Å². The van der Waals surface area contributed by atoms with Crippen molar-refractivity contribution in [1.29, 1.82) is 0 Å². The molecule has 1 aromatic carbocycles. The van der Waals surface area contributed by atoms with E-state index in [2.05, 4.69) is 11.2 Å². The van der Waals surface area contributed by atoms with Crippen LogP contribution in [0.25, 0.3) is 0 Å². The van der Waals surface area contributed by atoms with Crippen LogP contribution in [0.5, 0.6) is 5.75 Å². The van der Waals surface area contributed by atoms with E-state index in [0.29, 0.717) is 35.7 Å². The predicted molar refractivity (Wildman–Crippen MR) is 108 cm³/mol. The molecule has 28 heavy (non-hydrogen) atoms. The lowest BCUT2D eigenvalue weighted by Crippen LogP contribution is -2.35. The smallest absolute Gasteiger partial charge is 0.257 e. The number of halogens is 1. The molecule has 3 aliphatic rings. The van der Waals surface area contributed by atoms with Crippen LogP contribution in [0, 0.1) is 17.7 Å². The predicted octanol–water partition coefficient (Wildman–Crippen LogP) is 3.66. The topological polar surface area (TPSA) is 53.0 Å². The van der Waals surface area contributed by atoms with Crippen molar-refractivity contribution in [3.05, 3.63) is 29.1 Å². The molecule has 1 unspecified atom stereocenters. The van der Waals surface area contributed by atoms with E-state index >= 15 is 0 Å². The van der Waals surface area contributed by atoms with Crippen LogP contribution in [0.3, 0.4) is 0 Å². The number of phenolic OH excluding ortho intramolecular Hbond substituents is 1. The van der Waals surface area contributed by atoms with Crippen molar-refractivity contribution in [2.45, 2.75) is 44.4 Å². The Bertz CT molecular complexity index is 718. The maximum atomic E-state index is 14.1. The number of hydrogen-bond donors (Lipinski definition) is 1. The van der Waals surface area contributed by atoms with Gasteiger partial charge in [-0.15, -0.1) is 0 Å². The Hall–Kier alpha value is -1.31. The van der Waals surface area contributed by atoms with E-state index in [1.165, 1.54) is 18.9 Å². The van der Waals surface area contributed by atoms with Crippen LogP contribution in [0.2, 0.25) is 0 Å². The third-order valence-corrected chi connectivity index (χ3v) is 7.77. The molecule has 1 aliphatic carbocycles. The molecule has 0 bridgehead atoms. The summed E-state index contributed by atoms with van der Waals surface area (Å²) in [5.74, 6) is -0.303. The van der Waals surface area contributed by atoms with Gasteiger partial charge in [0.15, 0.2) is 11.6 Å². The fraction of sp³-hybridized carbons (Fsp3) is 0.667. The van der Waals surface area contributed by atoms with E-state index < -0.39 is 11.6 Å². The summed E-state index contributed by atoms with van der Waals surface area (Å²) in [4.78, 5) is 14.3. The number of carbonyl (C=O) groups is 1. The Morgan fingerprint density at radius 3 is 2.68 bits per heavy atom. The minimum absolute atomic E-state index is 0.0595. The van der Waals surface area contributed by atoms with Gasteiger partial charge in [0.1, 0.15) is 0 Å². The summed E-state index contributed by atoms with van der Waals surface area (Å²) >= 11 is 1.98. The van der Waals surface area contributed by atoms with Gasteiger partial charge in [0.25, 0.3) is 5.91 Å². The van der Waals surface area contributed by atoms with Gasteiger partial charge in [-0.2, -0.15) is 0 Å². The lowest BCUT2D eigenvalue weighted by atomic mass is 9.80. The molecule has 0 radical (unpaired) electrons. The normalized spacial score (nSPS) is 27.1. The zero-order chi connectivity index (χ0) is 19.7. The second kappa shape index (κ2) is 8.59. The van der Waals surface area contributed by atoms with Crippen LogP contribution in [0.15, 0.2) is 12.1 Å². The maximum absolute atomic E-state index is 14.1. The van der Waals surface area contributed by atoms with Crippen LogP contribution in [0.1, 0.15) is 48.5 Å². The summed E-state index contributed by atoms with van der Waals surface area (Å²) in [5.41, 5.74) is 0.744. The van der Waals surface area contributed by atoms with Gasteiger partial charge in [0.2, 0.25) is 0 Å². The molecule has 7 heteroatoms. The van der Waals surface area contributed by atoms with Gasteiger partial charge in [0, 0.05) is 31.4 Å². The highest BCUT2D eigenvalue weighted by Gasteiger charge is 2.35. The van der Waals surface area contributed by atoms with Crippen LogP contribution in [-0.2, 0) is 11.3 Å². The number of phenols is 1. The van der Waals surface area contributed by atoms with E-state index in [1.807, 2.05) is 11.9 Å². The van der Waals surface area contributed by atoms with Crippen LogP contribution < -0.4 is 0 Å². The number of hydrogen-bond acceptors (Lipinski definition) is 5. The Morgan fingerprint density at radius 2 is 1.96 bits per heavy atom. The van der Waals surface area contributed by atoms with Gasteiger partial charge in [-0.05, 0) is 49.1 Å². The van der Waals surface area contributed by atoms with Crippen molar-refractivity contribution in [2.75, 3.05) is 32.8 Å². The second-order valence-electron chi connectivity index (χ2n) is 8.25. The number of fused-ring (bicyclic) bond motifs is 1. The highest BCUT2D eigenvalue weighted by atomic mass is 32.2. The van der Waals surface area contributed by atoms with Gasteiger partial charge in [0.05, 0.1) is 18.8 Å². The zero-order valence-corrected chi connectivity index (χ0v) is 17.2.